The molecule has 0 spiro atoms. The third kappa shape index (κ3) is 3.50. The first-order valence-corrected chi connectivity index (χ1v) is 5.34. The van der Waals surface area contributed by atoms with Crippen molar-refractivity contribution in [3.8, 4) is 0 Å². The van der Waals surface area contributed by atoms with Crippen LogP contribution in [-0.2, 0) is 0 Å². The minimum atomic E-state index is -2.18. The molecule has 1 aliphatic rings. The average Bonchev–Trinajstić information content (AvgIpc) is 2.17. The standard InChI is InChI=1S/C10H20F2N2/c1-3-13(2)9-4-6-14(7-5-9)8-10(11)12/h9-10H,3-8H2,1-2H3. The molecule has 0 radical (unpaired) electrons. The normalized spacial score (nSPS) is 21.0. The van der Waals surface area contributed by atoms with Gasteiger partial charge in [-0.1, -0.05) is 6.92 Å². The van der Waals surface area contributed by atoms with Crippen molar-refractivity contribution in [3.63, 3.8) is 0 Å². The van der Waals surface area contributed by atoms with E-state index >= 15 is 0 Å². The first-order chi connectivity index (χ1) is 6.63. The maximum atomic E-state index is 12.1. The lowest BCUT2D eigenvalue weighted by Gasteiger charge is -2.36. The zero-order valence-corrected chi connectivity index (χ0v) is 9.05. The first kappa shape index (κ1) is 11.9. The number of rotatable bonds is 4. The summed E-state index contributed by atoms with van der Waals surface area (Å²) in [7, 11) is 2.10. The van der Waals surface area contributed by atoms with E-state index in [1.165, 1.54) is 0 Å². The topological polar surface area (TPSA) is 6.48 Å². The van der Waals surface area contributed by atoms with Gasteiger partial charge in [0.15, 0.2) is 0 Å². The lowest BCUT2D eigenvalue weighted by atomic mass is 10.0. The quantitative estimate of drug-likeness (QED) is 0.690. The maximum Gasteiger partial charge on any atom is 0.251 e. The fourth-order valence-electron chi connectivity index (χ4n) is 2.00. The van der Waals surface area contributed by atoms with Gasteiger partial charge in [0.2, 0.25) is 0 Å². The minimum Gasteiger partial charge on any atom is -0.304 e. The monoisotopic (exact) mass is 206 g/mol. The number of piperidine rings is 1. The predicted octanol–water partition coefficient (Wildman–Crippen LogP) is 1.67. The Labute approximate surface area is 84.9 Å². The van der Waals surface area contributed by atoms with Gasteiger partial charge in [0.25, 0.3) is 6.43 Å². The summed E-state index contributed by atoms with van der Waals surface area (Å²) in [6.45, 7) is 4.76. The Morgan fingerprint density at radius 3 is 2.36 bits per heavy atom. The van der Waals surface area contributed by atoms with Crippen LogP contribution in [0.5, 0.6) is 0 Å². The molecule has 0 aromatic heterocycles. The van der Waals surface area contributed by atoms with Gasteiger partial charge >= 0.3 is 0 Å². The maximum absolute atomic E-state index is 12.1. The Morgan fingerprint density at radius 2 is 1.93 bits per heavy atom. The highest BCUT2D eigenvalue weighted by Gasteiger charge is 2.22. The molecule has 1 fully saturated rings. The molecule has 84 valence electrons. The summed E-state index contributed by atoms with van der Waals surface area (Å²) < 4.78 is 24.2. The van der Waals surface area contributed by atoms with Crippen molar-refractivity contribution in [2.45, 2.75) is 32.2 Å². The Morgan fingerprint density at radius 1 is 1.36 bits per heavy atom. The van der Waals surface area contributed by atoms with E-state index in [2.05, 4.69) is 18.9 Å². The lowest BCUT2D eigenvalue weighted by Crippen LogP contribution is -2.44. The zero-order chi connectivity index (χ0) is 10.6. The van der Waals surface area contributed by atoms with Crippen molar-refractivity contribution in [1.82, 2.24) is 9.80 Å². The molecule has 14 heavy (non-hydrogen) atoms. The van der Waals surface area contributed by atoms with Gasteiger partial charge in [-0.05, 0) is 39.5 Å². The molecule has 1 aliphatic heterocycles. The van der Waals surface area contributed by atoms with Crippen molar-refractivity contribution < 1.29 is 8.78 Å². The average molecular weight is 206 g/mol. The second kappa shape index (κ2) is 5.61. The van der Waals surface area contributed by atoms with Gasteiger partial charge in [-0.2, -0.15) is 0 Å². The van der Waals surface area contributed by atoms with E-state index in [4.69, 9.17) is 0 Å². The molecule has 1 heterocycles. The summed E-state index contributed by atoms with van der Waals surface area (Å²) in [5, 5.41) is 0. The van der Waals surface area contributed by atoms with Crippen LogP contribution in [0.1, 0.15) is 19.8 Å². The molecule has 0 atom stereocenters. The molecular formula is C10H20F2N2. The summed E-state index contributed by atoms with van der Waals surface area (Å²) in [6.07, 6.45) is -0.135. The third-order valence-corrected chi connectivity index (χ3v) is 3.08. The Hall–Kier alpha value is -0.220. The number of hydrogen-bond acceptors (Lipinski definition) is 2. The van der Waals surface area contributed by atoms with E-state index in [0.29, 0.717) is 6.04 Å². The number of alkyl halides is 2. The third-order valence-electron chi connectivity index (χ3n) is 3.08. The molecule has 0 aromatic rings. The van der Waals surface area contributed by atoms with Gasteiger partial charge in [0.05, 0.1) is 6.54 Å². The molecule has 0 aliphatic carbocycles. The van der Waals surface area contributed by atoms with Gasteiger partial charge < -0.3 is 4.90 Å². The zero-order valence-electron chi connectivity index (χ0n) is 9.05. The molecule has 4 heteroatoms. The van der Waals surface area contributed by atoms with Gasteiger partial charge in [0, 0.05) is 6.04 Å². The van der Waals surface area contributed by atoms with Crippen molar-refractivity contribution >= 4 is 0 Å². The highest BCUT2D eigenvalue weighted by atomic mass is 19.3. The van der Waals surface area contributed by atoms with Crippen molar-refractivity contribution in [3.05, 3.63) is 0 Å². The van der Waals surface area contributed by atoms with Crippen LogP contribution in [0, 0.1) is 0 Å². The van der Waals surface area contributed by atoms with Crippen molar-refractivity contribution in [1.29, 1.82) is 0 Å². The molecule has 0 aromatic carbocycles. The van der Waals surface area contributed by atoms with Crippen LogP contribution in [-0.4, -0.2) is 55.5 Å². The SMILES string of the molecule is CCN(C)C1CCN(CC(F)F)CC1. The molecule has 0 saturated carbocycles. The first-order valence-electron chi connectivity index (χ1n) is 5.34. The second-order valence-corrected chi connectivity index (χ2v) is 4.00. The predicted molar refractivity (Wildman–Crippen MR) is 53.8 cm³/mol. The molecule has 1 rings (SSSR count). The molecule has 0 bridgehead atoms. The summed E-state index contributed by atoms with van der Waals surface area (Å²) >= 11 is 0. The molecular weight excluding hydrogens is 186 g/mol. The van der Waals surface area contributed by atoms with Crippen LogP contribution in [0.3, 0.4) is 0 Å². The van der Waals surface area contributed by atoms with Crippen molar-refractivity contribution in [2.75, 3.05) is 33.2 Å². The molecule has 0 N–H and O–H groups in total. The van der Waals surface area contributed by atoms with E-state index in [1.807, 2.05) is 4.90 Å². The Kier molecular flexibility index (Phi) is 4.75. The largest absolute Gasteiger partial charge is 0.304 e. The van der Waals surface area contributed by atoms with Crippen LogP contribution in [0.2, 0.25) is 0 Å². The van der Waals surface area contributed by atoms with Crippen LogP contribution in [0.4, 0.5) is 8.78 Å². The molecule has 0 unspecified atom stereocenters. The summed E-state index contributed by atoms with van der Waals surface area (Å²) in [5.74, 6) is 0. The van der Waals surface area contributed by atoms with E-state index in [-0.39, 0.29) is 6.54 Å². The second-order valence-electron chi connectivity index (χ2n) is 4.00. The Balaban J connectivity index is 2.24. The van der Waals surface area contributed by atoms with E-state index in [1.54, 1.807) is 0 Å². The number of likely N-dealkylation sites (tertiary alicyclic amines) is 1. The molecule has 2 nitrogen and oxygen atoms in total. The van der Waals surface area contributed by atoms with Crippen molar-refractivity contribution in [2.24, 2.45) is 0 Å². The van der Waals surface area contributed by atoms with Gasteiger partial charge in [-0.15, -0.1) is 0 Å². The van der Waals surface area contributed by atoms with Crippen LogP contribution in [0.15, 0.2) is 0 Å². The highest BCUT2D eigenvalue weighted by molar-refractivity contribution is 4.77. The smallest absolute Gasteiger partial charge is 0.251 e. The highest BCUT2D eigenvalue weighted by Crippen LogP contribution is 2.15. The fourth-order valence-corrected chi connectivity index (χ4v) is 2.00. The fraction of sp³-hybridized carbons (Fsp3) is 1.00. The van der Waals surface area contributed by atoms with E-state index in [9.17, 15) is 8.78 Å². The van der Waals surface area contributed by atoms with Crippen LogP contribution in [0.25, 0.3) is 0 Å². The number of halogens is 2. The Bertz CT molecular complexity index is 156. The number of nitrogens with zero attached hydrogens (tertiary/aromatic N) is 2. The summed E-state index contributed by atoms with van der Waals surface area (Å²) in [6, 6.07) is 0.592. The van der Waals surface area contributed by atoms with Crippen LogP contribution >= 0.6 is 0 Å². The van der Waals surface area contributed by atoms with E-state index in [0.717, 1.165) is 32.5 Å². The van der Waals surface area contributed by atoms with Gasteiger partial charge in [-0.3, -0.25) is 4.90 Å². The van der Waals surface area contributed by atoms with Crippen LogP contribution < -0.4 is 0 Å². The lowest BCUT2D eigenvalue weighted by molar-refractivity contribution is 0.0592. The van der Waals surface area contributed by atoms with Gasteiger partial charge in [-0.25, -0.2) is 8.78 Å². The molecule has 1 saturated heterocycles. The van der Waals surface area contributed by atoms with E-state index < -0.39 is 6.43 Å². The number of hydrogen-bond donors (Lipinski definition) is 0. The molecule has 0 amide bonds. The summed E-state index contributed by atoms with van der Waals surface area (Å²) in [4.78, 5) is 4.17. The summed E-state index contributed by atoms with van der Waals surface area (Å²) in [5.41, 5.74) is 0. The van der Waals surface area contributed by atoms with Gasteiger partial charge in [0.1, 0.15) is 0 Å². The minimum absolute atomic E-state index is 0.0530.